The Balaban J connectivity index is 1.84. The maximum Gasteiger partial charge on any atom is 0.0991 e. The van der Waals surface area contributed by atoms with Crippen LogP contribution in [0.4, 0.5) is 0 Å². The molecule has 0 spiro atoms. The van der Waals surface area contributed by atoms with E-state index in [-0.39, 0.29) is 6.10 Å². The van der Waals surface area contributed by atoms with Crippen molar-refractivity contribution in [3.8, 4) is 0 Å². The van der Waals surface area contributed by atoms with Crippen LogP contribution >= 0.6 is 0 Å². The molecule has 0 fully saturated rings. The molecule has 0 aromatic heterocycles. The van der Waals surface area contributed by atoms with Crippen molar-refractivity contribution in [3.05, 3.63) is 0 Å². The molecule has 0 radical (unpaired) electrons. The molecule has 1 aliphatic rings. The van der Waals surface area contributed by atoms with Gasteiger partial charge in [-0.25, -0.2) is 0 Å². The summed E-state index contributed by atoms with van der Waals surface area (Å²) < 4.78 is 0. The number of β-amino-alcohol motifs (C(OH)–C–C–N with tert-alkyl or cyclic N) is 1. The van der Waals surface area contributed by atoms with Crippen LogP contribution in [0.1, 0.15) is 232 Å². The highest BCUT2D eigenvalue weighted by Gasteiger charge is 2.19. The van der Waals surface area contributed by atoms with Crippen molar-refractivity contribution in [1.29, 1.82) is 0 Å². The van der Waals surface area contributed by atoms with E-state index in [1.807, 2.05) is 0 Å². The summed E-state index contributed by atoms with van der Waals surface area (Å²) in [7, 11) is 0. The monoisotopic (exact) mass is 619 g/mol. The molecule has 0 bridgehead atoms. The number of nitrogens with zero attached hydrogens (tertiary/aromatic N) is 2. The van der Waals surface area contributed by atoms with Gasteiger partial charge in [0.15, 0.2) is 0 Å². The van der Waals surface area contributed by atoms with Crippen LogP contribution in [-0.4, -0.2) is 41.6 Å². The van der Waals surface area contributed by atoms with Crippen molar-refractivity contribution in [3.63, 3.8) is 0 Å². The molecule has 0 aromatic rings. The number of hydrogen-bond acceptors (Lipinski definition) is 3. The normalized spacial score (nSPS) is 14.1. The molecule has 0 saturated heterocycles. The Morgan fingerprint density at radius 3 is 1.16 bits per heavy atom. The van der Waals surface area contributed by atoms with Crippen LogP contribution in [0, 0.1) is 0 Å². The number of aliphatic imine (C=N–C) groups is 1. The first-order valence-corrected chi connectivity index (χ1v) is 20.7. The lowest BCUT2D eigenvalue weighted by atomic mass is 10.0. The van der Waals surface area contributed by atoms with Gasteiger partial charge in [-0.2, -0.15) is 0 Å². The molecular formula is C41H82N2O. The summed E-state index contributed by atoms with van der Waals surface area (Å²) in [6.07, 6.45) is 47.0. The molecule has 1 aliphatic heterocycles. The highest BCUT2D eigenvalue weighted by Crippen LogP contribution is 2.17. The Morgan fingerprint density at radius 2 is 0.795 bits per heavy atom. The smallest absolute Gasteiger partial charge is 0.0991 e. The highest BCUT2D eigenvalue weighted by molar-refractivity contribution is 5.83. The third-order valence-electron chi connectivity index (χ3n) is 10.1. The van der Waals surface area contributed by atoms with Gasteiger partial charge in [-0.15, -0.1) is 0 Å². The minimum absolute atomic E-state index is 0.185. The summed E-state index contributed by atoms with van der Waals surface area (Å²) in [4.78, 5) is 7.18. The van der Waals surface area contributed by atoms with E-state index in [1.54, 1.807) is 0 Å². The molecule has 1 rings (SSSR count). The molecule has 3 heteroatoms. The fraction of sp³-hybridized carbons (Fsp3) is 0.976. The first kappa shape index (κ1) is 41.5. The lowest BCUT2D eigenvalue weighted by Crippen LogP contribution is -2.35. The fourth-order valence-electron chi connectivity index (χ4n) is 7.07. The molecule has 262 valence electrons. The third kappa shape index (κ3) is 27.7. The standard InChI is InChI=1S/C41H82N2O/c1-3-5-7-9-11-13-15-17-19-21-23-25-27-29-31-33-35-40(44)39-43-38-37-42-41(43)36-34-32-30-28-26-24-22-20-18-16-14-12-10-8-6-4-2/h40,44H,3-39H2,1-2H3. The molecule has 0 aromatic carbocycles. The van der Waals surface area contributed by atoms with Gasteiger partial charge in [0.05, 0.1) is 18.5 Å². The molecule has 3 nitrogen and oxygen atoms in total. The Kier molecular flexibility index (Phi) is 31.8. The Labute approximate surface area is 278 Å². The van der Waals surface area contributed by atoms with Crippen molar-refractivity contribution in [2.24, 2.45) is 4.99 Å². The summed E-state index contributed by atoms with van der Waals surface area (Å²) in [5.41, 5.74) is 0. The van der Waals surface area contributed by atoms with E-state index in [0.29, 0.717) is 0 Å². The molecule has 1 heterocycles. The second kappa shape index (κ2) is 33.8. The number of aliphatic hydroxyl groups excluding tert-OH is 1. The van der Waals surface area contributed by atoms with E-state index in [4.69, 9.17) is 4.99 Å². The second-order valence-corrected chi connectivity index (χ2v) is 14.5. The van der Waals surface area contributed by atoms with Crippen molar-refractivity contribution >= 4 is 5.84 Å². The van der Waals surface area contributed by atoms with E-state index in [9.17, 15) is 5.11 Å². The van der Waals surface area contributed by atoms with Gasteiger partial charge in [0.1, 0.15) is 0 Å². The average molecular weight is 619 g/mol. The van der Waals surface area contributed by atoms with Gasteiger partial charge in [0.2, 0.25) is 0 Å². The quantitative estimate of drug-likeness (QED) is 0.0709. The van der Waals surface area contributed by atoms with Gasteiger partial charge in [-0.1, -0.05) is 213 Å². The minimum Gasteiger partial charge on any atom is -0.391 e. The van der Waals surface area contributed by atoms with E-state index in [1.165, 1.54) is 211 Å². The van der Waals surface area contributed by atoms with Crippen LogP contribution in [0.5, 0.6) is 0 Å². The van der Waals surface area contributed by atoms with Gasteiger partial charge < -0.3 is 10.0 Å². The number of rotatable bonds is 36. The number of unbranched alkanes of at least 4 members (excludes halogenated alkanes) is 30. The Bertz CT molecular complexity index is 591. The molecule has 0 amide bonds. The topological polar surface area (TPSA) is 35.8 Å². The van der Waals surface area contributed by atoms with Crippen molar-refractivity contribution in [1.82, 2.24) is 4.90 Å². The molecule has 44 heavy (non-hydrogen) atoms. The van der Waals surface area contributed by atoms with E-state index >= 15 is 0 Å². The fourth-order valence-corrected chi connectivity index (χ4v) is 7.07. The maximum atomic E-state index is 10.7. The van der Waals surface area contributed by atoms with Crippen molar-refractivity contribution in [2.45, 2.75) is 238 Å². The number of aliphatic hydroxyl groups is 1. The van der Waals surface area contributed by atoms with Crippen LogP contribution in [-0.2, 0) is 0 Å². The largest absolute Gasteiger partial charge is 0.391 e. The van der Waals surface area contributed by atoms with E-state index in [2.05, 4.69) is 18.7 Å². The maximum absolute atomic E-state index is 10.7. The minimum atomic E-state index is -0.185. The zero-order chi connectivity index (χ0) is 31.6. The predicted octanol–water partition coefficient (Wildman–Crippen LogP) is 13.4. The summed E-state index contributed by atoms with van der Waals surface area (Å²) >= 11 is 0. The van der Waals surface area contributed by atoms with Gasteiger partial charge >= 0.3 is 0 Å². The van der Waals surface area contributed by atoms with Gasteiger partial charge in [0, 0.05) is 19.5 Å². The van der Waals surface area contributed by atoms with Gasteiger partial charge in [-0.3, -0.25) is 4.99 Å². The number of amidine groups is 1. The molecule has 1 N–H and O–H groups in total. The van der Waals surface area contributed by atoms with Crippen LogP contribution in [0.25, 0.3) is 0 Å². The Hall–Kier alpha value is -0.570. The third-order valence-corrected chi connectivity index (χ3v) is 10.1. The van der Waals surface area contributed by atoms with E-state index < -0.39 is 0 Å². The summed E-state index contributed by atoms with van der Waals surface area (Å²) in [5.74, 6) is 1.28. The zero-order valence-electron chi connectivity index (χ0n) is 30.6. The molecule has 1 atom stereocenters. The van der Waals surface area contributed by atoms with Gasteiger partial charge in [0.25, 0.3) is 0 Å². The summed E-state index contributed by atoms with van der Waals surface area (Å²) in [5, 5.41) is 10.7. The summed E-state index contributed by atoms with van der Waals surface area (Å²) in [6, 6.07) is 0. The lowest BCUT2D eigenvalue weighted by molar-refractivity contribution is 0.133. The molecular weight excluding hydrogens is 536 g/mol. The zero-order valence-corrected chi connectivity index (χ0v) is 30.6. The van der Waals surface area contributed by atoms with Gasteiger partial charge in [-0.05, 0) is 12.8 Å². The van der Waals surface area contributed by atoms with Crippen LogP contribution in [0.15, 0.2) is 4.99 Å². The second-order valence-electron chi connectivity index (χ2n) is 14.5. The Morgan fingerprint density at radius 1 is 0.477 bits per heavy atom. The SMILES string of the molecule is CCCCCCCCCCCCCCCCCCC1=NCCN1CC(O)CCCCCCCCCCCCCCCCCC. The van der Waals surface area contributed by atoms with E-state index in [0.717, 1.165) is 32.5 Å². The first-order valence-electron chi connectivity index (χ1n) is 20.7. The van der Waals surface area contributed by atoms with Crippen molar-refractivity contribution < 1.29 is 5.11 Å². The van der Waals surface area contributed by atoms with Crippen LogP contribution < -0.4 is 0 Å². The molecule has 1 unspecified atom stereocenters. The molecule has 0 aliphatic carbocycles. The number of hydrogen-bond donors (Lipinski definition) is 1. The average Bonchev–Trinajstić information content (AvgIpc) is 3.47. The van der Waals surface area contributed by atoms with Crippen LogP contribution in [0.2, 0.25) is 0 Å². The lowest BCUT2D eigenvalue weighted by Gasteiger charge is -2.23. The first-order chi connectivity index (χ1) is 21.8. The highest BCUT2D eigenvalue weighted by atomic mass is 16.3. The van der Waals surface area contributed by atoms with Crippen LogP contribution in [0.3, 0.4) is 0 Å². The molecule has 0 saturated carbocycles. The predicted molar refractivity (Wildman–Crippen MR) is 198 cm³/mol. The van der Waals surface area contributed by atoms with Crippen molar-refractivity contribution in [2.75, 3.05) is 19.6 Å². The summed E-state index contributed by atoms with van der Waals surface area (Å²) in [6.45, 7) is 7.35.